The molecule has 8 N–H and O–H groups in total. The highest BCUT2D eigenvalue weighted by molar-refractivity contribution is 9.10. The van der Waals surface area contributed by atoms with Gasteiger partial charge in [0.2, 0.25) is 6.29 Å². The lowest BCUT2D eigenvalue weighted by molar-refractivity contribution is -0.318. The second-order valence-electron chi connectivity index (χ2n) is 10.4. The minimum Gasteiger partial charge on any atom is -0.506 e. The van der Waals surface area contributed by atoms with Crippen molar-refractivity contribution in [3.8, 4) is 34.3 Å². The molecule has 3 heterocycles. The van der Waals surface area contributed by atoms with Crippen LogP contribution in [-0.4, -0.2) is 116 Å². The Balaban J connectivity index is 1.40. The summed E-state index contributed by atoms with van der Waals surface area (Å²) in [6.45, 7) is 0.938. The molecule has 0 aliphatic carbocycles. The second-order valence-corrected chi connectivity index (χ2v) is 11.2. The molecular formula is C28H31BrO15. The summed E-state index contributed by atoms with van der Waals surface area (Å²) in [7, 11) is 1.38. The van der Waals surface area contributed by atoms with Gasteiger partial charge in [0.25, 0.3) is 0 Å². The van der Waals surface area contributed by atoms with Crippen molar-refractivity contribution >= 4 is 26.9 Å². The van der Waals surface area contributed by atoms with Crippen molar-refractivity contribution in [3.05, 3.63) is 45.0 Å². The van der Waals surface area contributed by atoms with Gasteiger partial charge in [-0.25, -0.2) is 0 Å². The van der Waals surface area contributed by atoms with Crippen molar-refractivity contribution in [2.45, 2.75) is 68.3 Å². The van der Waals surface area contributed by atoms with Crippen LogP contribution in [0.3, 0.4) is 0 Å². The van der Waals surface area contributed by atoms with Crippen LogP contribution in [0.1, 0.15) is 6.92 Å². The molecule has 2 aliphatic heterocycles. The predicted molar refractivity (Wildman–Crippen MR) is 151 cm³/mol. The van der Waals surface area contributed by atoms with Crippen molar-refractivity contribution in [1.29, 1.82) is 0 Å². The summed E-state index contributed by atoms with van der Waals surface area (Å²) in [5.41, 5.74) is -0.436. The Kier molecular flexibility index (Phi) is 9.39. The van der Waals surface area contributed by atoms with Gasteiger partial charge in [0.05, 0.1) is 19.8 Å². The SMILES string of the molecule is COc1ccc(-c2cc(=O)c3c(O)c(Br)c(O[C@@H]4O[C@H](CO[C@@H]5O[C@@H](C)[C@H](O)[C@@H](O)[C@H]5O)[C@@H](O)[C@H](O)[C@H]4O)cc3o2)cc1O. The number of hydrogen-bond acceptors (Lipinski definition) is 15. The third kappa shape index (κ3) is 5.97. The fraction of sp³-hybridized carbons (Fsp3) is 0.464. The van der Waals surface area contributed by atoms with E-state index < -0.39 is 79.2 Å². The monoisotopic (exact) mass is 686 g/mol. The number of aliphatic hydroxyl groups excluding tert-OH is 6. The number of aromatic hydroxyl groups is 2. The zero-order valence-electron chi connectivity index (χ0n) is 23.2. The second kappa shape index (κ2) is 12.8. The lowest BCUT2D eigenvalue weighted by Crippen LogP contribution is -2.61. The largest absolute Gasteiger partial charge is 0.506 e. The number of phenolic OH excluding ortho intramolecular Hbond substituents is 2. The van der Waals surface area contributed by atoms with Gasteiger partial charge < -0.3 is 69.0 Å². The maximum absolute atomic E-state index is 12.9. The number of aliphatic hydroxyl groups is 6. The summed E-state index contributed by atoms with van der Waals surface area (Å²) in [4.78, 5) is 12.9. The molecule has 2 aliphatic rings. The molecule has 44 heavy (non-hydrogen) atoms. The van der Waals surface area contributed by atoms with E-state index >= 15 is 0 Å². The van der Waals surface area contributed by atoms with E-state index in [2.05, 4.69) is 15.9 Å². The highest BCUT2D eigenvalue weighted by atomic mass is 79.9. The fourth-order valence-electron chi connectivity index (χ4n) is 4.94. The average Bonchev–Trinajstić information content (AvgIpc) is 3.00. The Morgan fingerprint density at radius 3 is 2.20 bits per heavy atom. The Morgan fingerprint density at radius 1 is 0.841 bits per heavy atom. The summed E-state index contributed by atoms with van der Waals surface area (Å²) >= 11 is 3.15. The standard InChI is InChI=1S/C28H31BrO15/c1-9-20(32)23(35)25(37)27(41-9)40-8-17-21(33)24(36)26(38)28(44-17)43-16-7-15-18(22(34)19(16)29)12(31)6-14(42-15)10-3-4-13(39-2)11(30)5-10/h3-7,9,17,20-21,23-28,30,32-38H,8H2,1-2H3/t9-,17+,20-,21+,23+,24-,25+,26+,27+,28+/m0/s1. The van der Waals surface area contributed by atoms with Crippen LogP contribution in [0.2, 0.25) is 0 Å². The molecule has 0 bridgehead atoms. The molecule has 240 valence electrons. The van der Waals surface area contributed by atoms with Crippen molar-refractivity contribution in [2.24, 2.45) is 0 Å². The summed E-state index contributed by atoms with van der Waals surface area (Å²) in [5, 5.41) is 82.5. The van der Waals surface area contributed by atoms with Crippen LogP contribution in [0.15, 0.2) is 44.0 Å². The molecule has 0 saturated carbocycles. The van der Waals surface area contributed by atoms with Gasteiger partial charge in [0.15, 0.2) is 23.2 Å². The molecule has 0 spiro atoms. The van der Waals surface area contributed by atoms with Crippen LogP contribution in [0.4, 0.5) is 0 Å². The van der Waals surface area contributed by atoms with Gasteiger partial charge in [0, 0.05) is 17.7 Å². The van der Waals surface area contributed by atoms with E-state index in [-0.39, 0.29) is 38.5 Å². The Morgan fingerprint density at radius 2 is 1.52 bits per heavy atom. The van der Waals surface area contributed by atoms with Crippen LogP contribution in [-0.2, 0) is 14.2 Å². The van der Waals surface area contributed by atoms with Gasteiger partial charge >= 0.3 is 0 Å². The molecule has 3 aromatic rings. The highest BCUT2D eigenvalue weighted by Crippen LogP contribution is 2.42. The summed E-state index contributed by atoms with van der Waals surface area (Å²) < 4.78 is 33.0. The molecular weight excluding hydrogens is 656 g/mol. The fourth-order valence-corrected chi connectivity index (χ4v) is 5.35. The van der Waals surface area contributed by atoms with Crippen LogP contribution >= 0.6 is 15.9 Å². The molecule has 2 aromatic carbocycles. The van der Waals surface area contributed by atoms with Crippen molar-refractivity contribution in [1.82, 2.24) is 0 Å². The third-order valence-electron chi connectivity index (χ3n) is 7.51. The average molecular weight is 687 g/mol. The number of halogens is 1. The van der Waals surface area contributed by atoms with Crippen molar-refractivity contribution in [2.75, 3.05) is 13.7 Å². The summed E-state index contributed by atoms with van der Waals surface area (Å²) in [6.07, 6.45) is -15.2. The van der Waals surface area contributed by atoms with Crippen LogP contribution in [0.5, 0.6) is 23.0 Å². The topological polar surface area (TPSA) is 238 Å². The van der Waals surface area contributed by atoms with E-state index in [0.717, 1.165) is 6.07 Å². The van der Waals surface area contributed by atoms with Gasteiger partial charge in [-0.1, -0.05) is 0 Å². The first kappa shape index (κ1) is 32.4. The lowest BCUT2D eigenvalue weighted by Gasteiger charge is -2.42. The Labute approximate surface area is 257 Å². The lowest BCUT2D eigenvalue weighted by atomic mass is 9.98. The molecule has 2 fully saturated rings. The Hall–Kier alpha value is -3.03. The Bertz CT molecular complexity index is 1560. The number of hydrogen-bond donors (Lipinski definition) is 8. The first-order valence-electron chi connectivity index (χ1n) is 13.4. The minimum atomic E-state index is -1.81. The number of fused-ring (bicyclic) bond motifs is 1. The number of benzene rings is 2. The van der Waals surface area contributed by atoms with Crippen molar-refractivity contribution in [3.63, 3.8) is 0 Å². The first-order chi connectivity index (χ1) is 20.8. The van der Waals surface area contributed by atoms with Crippen LogP contribution in [0, 0.1) is 0 Å². The molecule has 2 saturated heterocycles. The van der Waals surface area contributed by atoms with E-state index in [1.807, 2.05) is 0 Å². The van der Waals surface area contributed by atoms with E-state index in [0.29, 0.717) is 5.56 Å². The predicted octanol–water partition coefficient (Wildman–Crippen LogP) is -0.327. The van der Waals surface area contributed by atoms with Gasteiger partial charge in [-0.15, -0.1) is 0 Å². The smallest absolute Gasteiger partial charge is 0.229 e. The van der Waals surface area contributed by atoms with Gasteiger partial charge in [-0.2, -0.15) is 0 Å². The molecule has 0 amide bonds. The van der Waals surface area contributed by atoms with Gasteiger partial charge in [-0.3, -0.25) is 4.79 Å². The summed E-state index contributed by atoms with van der Waals surface area (Å²) in [5.74, 6) is -0.705. The normalized spacial score (nSPS) is 32.5. The number of rotatable bonds is 7. The van der Waals surface area contributed by atoms with E-state index in [4.69, 9.17) is 28.1 Å². The molecule has 0 unspecified atom stereocenters. The van der Waals surface area contributed by atoms with E-state index in [1.165, 1.54) is 32.2 Å². The van der Waals surface area contributed by atoms with E-state index in [9.17, 15) is 45.6 Å². The molecule has 5 rings (SSSR count). The van der Waals surface area contributed by atoms with Gasteiger partial charge in [0.1, 0.15) is 75.4 Å². The third-order valence-corrected chi connectivity index (χ3v) is 8.27. The van der Waals surface area contributed by atoms with Gasteiger partial charge in [-0.05, 0) is 41.1 Å². The molecule has 1 aromatic heterocycles. The maximum atomic E-state index is 12.9. The van der Waals surface area contributed by atoms with E-state index in [1.54, 1.807) is 6.07 Å². The molecule has 16 heteroatoms. The van der Waals surface area contributed by atoms with Crippen LogP contribution < -0.4 is 14.9 Å². The van der Waals surface area contributed by atoms with Crippen LogP contribution in [0.25, 0.3) is 22.3 Å². The molecule has 0 radical (unpaired) electrons. The first-order valence-corrected chi connectivity index (χ1v) is 14.2. The number of methoxy groups -OCH3 is 1. The quantitative estimate of drug-likeness (QED) is 0.159. The number of phenols is 2. The number of ether oxygens (including phenoxy) is 5. The zero-order chi connectivity index (χ0) is 32.0. The highest BCUT2D eigenvalue weighted by Gasteiger charge is 2.47. The maximum Gasteiger partial charge on any atom is 0.229 e. The minimum absolute atomic E-state index is 0.0388. The molecule has 15 nitrogen and oxygen atoms in total. The zero-order valence-corrected chi connectivity index (χ0v) is 24.8. The van der Waals surface area contributed by atoms with Crippen molar-refractivity contribution < 1.29 is 69.0 Å². The molecule has 10 atom stereocenters. The summed E-state index contributed by atoms with van der Waals surface area (Å²) in [6, 6.07) is 6.69.